The highest BCUT2D eigenvalue weighted by Crippen LogP contribution is 2.32. The topological polar surface area (TPSA) is 94.0 Å². The molecule has 0 saturated heterocycles. The molecule has 0 aliphatic rings. The Balaban J connectivity index is 2.11. The lowest BCUT2D eigenvalue weighted by molar-refractivity contribution is 0.248. The van der Waals surface area contributed by atoms with Crippen LogP contribution in [-0.4, -0.2) is 11.0 Å². The molecule has 138 valence electrons. The number of halogens is 2. The molecule has 2 aromatic carbocycles. The highest BCUT2D eigenvalue weighted by atomic mass is 19.1. The van der Waals surface area contributed by atoms with Gasteiger partial charge in [0.2, 0.25) is 0 Å². The van der Waals surface area contributed by atoms with Crippen molar-refractivity contribution in [2.24, 2.45) is 5.73 Å². The zero-order chi connectivity index (χ0) is 19.4. The number of nitrogens with one attached hydrogen (secondary N) is 1. The zero-order valence-corrected chi connectivity index (χ0v) is 14.4. The van der Waals surface area contributed by atoms with E-state index in [0.29, 0.717) is 22.4 Å². The molecule has 3 rings (SSSR count). The molecule has 0 unspecified atom stereocenters. The molecule has 1 heterocycles. The number of hydrogen-bond acceptors (Lipinski definition) is 3. The summed E-state index contributed by atoms with van der Waals surface area (Å²) in [5, 5.41) is 2.47. The minimum absolute atomic E-state index is 0.0224. The van der Waals surface area contributed by atoms with Gasteiger partial charge >= 0.3 is 6.03 Å². The summed E-state index contributed by atoms with van der Waals surface area (Å²) in [6.45, 7) is 0.0800. The SMILES string of the molecule is NC(=O)NCc1ncccc1-c1ccc(N)c(F)c1Cc1ccccc1F. The van der Waals surface area contributed by atoms with E-state index < -0.39 is 17.7 Å². The minimum Gasteiger partial charge on any atom is -0.396 e. The van der Waals surface area contributed by atoms with Gasteiger partial charge in [0, 0.05) is 23.7 Å². The number of amides is 2. The lowest BCUT2D eigenvalue weighted by atomic mass is 9.92. The normalized spacial score (nSPS) is 10.6. The zero-order valence-electron chi connectivity index (χ0n) is 14.4. The van der Waals surface area contributed by atoms with E-state index in [1.165, 1.54) is 12.1 Å². The number of rotatable bonds is 5. The molecule has 0 aliphatic heterocycles. The Bertz CT molecular complexity index is 991. The average Bonchev–Trinajstić information content (AvgIpc) is 2.66. The highest BCUT2D eigenvalue weighted by Gasteiger charge is 2.18. The number of nitrogen functional groups attached to an aromatic ring is 1. The molecule has 7 heteroatoms. The van der Waals surface area contributed by atoms with Crippen LogP contribution in [0.25, 0.3) is 11.1 Å². The molecule has 1 aromatic heterocycles. The summed E-state index contributed by atoms with van der Waals surface area (Å²) in [6, 6.07) is 12.1. The Morgan fingerprint density at radius 2 is 1.81 bits per heavy atom. The summed E-state index contributed by atoms with van der Waals surface area (Å²) >= 11 is 0. The Hall–Kier alpha value is -3.48. The average molecular weight is 368 g/mol. The van der Waals surface area contributed by atoms with Crippen molar-refractivity contribution in [2.75, 3.05) is 5.73 Å². The van der Waals surface area contributed by atoms with Crippen LogP contribution in [0.15, 0.2) is 54.7 Å². The maximum absolute atomic E-state index is 14.9. The first kappa shape index (κ1) is 18.3. The standard InChI is InChI=1S/C20H18F2N4O/c21-16-6-2-1-4-12(16)10-15-13(7-8-17(23)19(15)22)14-5-3-9-25-18(14)11-26-20(24)27/h1-9H,10-11,23H2,(H3,24,26,27). The van der Waals surface area contributed by atoms with Gasteiger partial charge in [0.1, 0.15) is 11.6 Å². The van der Waals surface area contributed by atoms with E-state index in [1.54, 1.807) is 42.6 Å². The molecule has 0 bridgehead atoms. The number of aromatic nitrogens is 1. The van der Waals surface area contributed by atoms with Crippen LogP contribution in [0.5, 0.6) is 0 Å². The Morgan fingerprint density at radius 3 is 2.56 bits per heavy atom. The molecule has 0 fully saturated rings. The number of nitrogens with zero attached hydrogens (tertiary/aromatic N) is 1. The number of anilines is 1. The lowest BCUT2D eigenvalue weighted by Gasteiger charge is -2.16. The van der Waals surface area contributed by atoms with Crippen LogP contribution >= 0.6 is 0 Å². The molecule has 0 spiro atoms. The maximum Gasteiger partial charge on any atom is 0.312 e. The van der Waals surface area contributed by atoms with Crippen molar-refractivity contribution in [3.63, 3.8) is 0 Å². The Kier molecular flexibility index (Phi) is 5.30. The Morgan fingerprint density at radius 1 is 1.04 bits per heavy atom. The lowest BCUT2D eigenvalue weighted by Crippen LogP contribution is -2.29. The number of primary amides is 1. The highest BCUT2D eigenvalue weighted by molar-refractivity contribution is 5.74. The van der Waals surface area contributed by atoms with Gasteiger partial charge in [-0.15, -0.1) is 0 Å². The second kappa shape index (κ2) is 7.82. The molecule has 27 heavy (non-hydrogen) atoms. The van der Waals surface area contributed by atoms with E-state index in [4.69, 9.17) is 11.5 Å². The van der Waals surface area contributed by atoms with Gasteiger partial charge in [0.25, 0.3) is 0 Å². The molecule has 0 aliphatic carbocycles. The van der Waals surface area contributed by atoms with Crippen LogP contribution in [0, 0.1) is 11.6 Å². The summed E-state index contributed by atoms with van der Waals surface area (Å²) in [7, 11) is 0. The quantitative estimate of drug-likeness (QED) is 0.603. The number of carbonyl (C=O) groups excluding carboxylic acids is 1. The van der Waals surface area contributed by atoms with Crippen LogP contribution in [0.4, 0.5) is 19.3 Å². The number of urea groups is 1. The van der Waals surface area contributed by atoms with Gasteiger partial charge in [-0.3, -0.25) is 4.98 Å². The second-order valence-corrected chi connectivity index (χ2v) is 5.98. The van der Waals surface area contributed by atoms with Crippen LogP contribution in [0.2, 0.25) is 0 Å². The van der Waals surface area contributed by atoms with Crippen molar-refractivity contribution in [1.82, 2.24) is 10.3 Å². The first-order valence-electron chi connectivity index (χ1n) is 8.25. The summed E-state index contributed by atoms with van der Waals surface area (Å²) in [5.74, 6) is -1.03. The number of benzene rings is 2. The molecule has 5 nitrogen and oxygen atoms in total. The fourth-order valence-corrected chi connectivity index (χ4v) is 2.89. The fraction of sp³-hybridized carbons (Fsp3) is 0.100. The fourth-order valence-electron chi connectivity index (χ4n) is 2.89. The number of pyridine rings is 1. The maximum atomic E-state index is 14.9. The van der Waals surface area contributed by atoms with Crippen LogP contribution in [0.3, 0.4) is 0 Å². The monoisotopic (exact) mass is 368 g/mol. The molecule has 2 amide bonds. The molecular weight excluding hydrogens is 350 g/mol. The van der Waals surface area contributed by atoms with Gasteiger partial charge in [0.05, 0.1) is 17.9 Å². The predicted octanol–water partition coefficient (Wildman–Crippen LogP) is 3.37. The summed E-state index contributed by atoms with van der Waals surface area (Å²) < 4.78 is 29.0. The van der Waals surface area contributed by atoms with Crippen molar-refractivity contribution in [3.05, 3.63) is 83.2 Å². The van der Waals surface area contributed by atoms with E-state index in [2.05, 4.69) is 10.3 Å². The van der Waals surface area contributed by atoms with E-state index >= 15 is 0 Å². The number of nitrogens with two attached hydrogens (primary N) is 2. The van der Waals surface area contributed by atoms with Crippen LogP contribution in [-0.2, 0) is 13.0 Å². The minimum atomic E-state index is -0.693. The molecule has 0 saturated carbocycles. The van der Waals surface area contributed by atoms with Gasteiger partial charge in [0.15, 0.2) is 0 Å². The summed E-state index contributed by atoms with van der Waals surface area (Å²) in [6.07, 6.45) is 1.59. The summed E-state index contributed by atoms with van der Waals surface area (Å²) in [4.78, 5) is 15.3. The van der Waals surface area contributed by atoms with E-state index in [-0.39, 0.29) is 24.2 Å². The number of carbonyl (C=O) groups is 1. The van der Waals surface area contributed by atoms with Crippen molar-refractivity contribution >= 4 is 11.7 Å². The van der Waals surface area contributed by atoms with E-state index in [9.17, 15) is 13.6 Å². The third-order valence-electron chi connectivity index (χ3n) is 4.21. The third-order valence-corrected chi connectivity index (χ3v) is 4.21. The van der Waals surface area contributed by atoms with Crippen molar-refractivity contribution in [2.45, 2.75) is 13.0 Å². The van der Waals surface area contributed by atoms with Crippen molar-refractivity contribution in [1.29, 1.82) is 0 Å². The van der Waals surface area contributed by atoms with Gasteiger partial charge in [-0.1, -0.05) is 30.3 Å². The summed E-state index contributed by atoms with van der Waals surface area (Å²) in [5.41, 5.74) is 13.1. The van der Waals surface area contributed by atoms with Gasteiger partial charge in [-0.05, 0) is 29.3 Å². The van der Waals surface area contributed by atoms with Crippen LogP contribution < -0.4 is 16.8 Å². The largest absolute Gasteiger partial charge is 0.396 e. The Labute approximate surface area is 155 Å². The second-order valence-electron chi connectivity index (χ2n) is 5.98. The van der Waals surface area contributed by atoms with Gasteiger partial charge in [-0.25, -0.2) is 13.6 Å². The predicted molar refractivity (Wildman–Crippen MR) is 99.7 cm³/mol. The van der Waals surface area contributed by atoms with Crippen molar-refractivity contribution in [3.8, 4) is 11.1 Å². The molecule has 0 atom stereocenters. The van der Waals surface area contributed by atoms with Gasteiger partial charge in [-0.2, -0.15) is 0 Å². The molecule has 3 aromatic rings. The smallest absolute Gasteiger partial charge is 0.312 e. The molecular formula is C20H18F2N4O. The van der Waals surface area contributed by atoms with Crippen LogP contribution in [0.1, 0.15) is 16.8 Å². The van der Waals surface area contributed by atoms with Crippen molar-refractivity contribution < 1.29 is 13.6 Å². The molecule has 5 N–H and O–H groups in total. The van der Waals surface area contributed by atoms with Gasteiger partial charge < -0.3 is 16.8 Å². The number of hydrogen-bond donors (Lipinski definition) is 3. The van der Waals surface area contributed by atoms with E-state index in [0.717, 1.165) is 0 Å². The first-order chi connectivity index (χ1) is 13.0. The first-order valence-corrected chi connectivity index (χ1v) is 8.25. The third kappa shape index (κ3) is 4.03. The molecule has 0 radical (unpaired) electrons. The van der Waals surface area contributed by atoms with E-state index in [1.807, 2.05) is 0 Å².